The van der Waals surface area contributed by atoms with Crippen molar-refractivity contribution in [3.8, 4) is 0 Å². The SMILES string of the molecule is CCOC(=O)[C@H]1[C@@H](N[C@H](C(=O)NC(C)(C)C)C(C)(C)C)[C@@H]2C=C[C@H]1O2. The van der Waals surface area contributed by atoms with E-state index in [-0.39, 0.29) is 41.1 Å². The minimum absolute atomic E-state index is 0.0747. The van der Waals surface area contributed by atoms with E-state index in [9.17, 15) is 9.59 Å². The molecule has 0 spiro atoms. The van der Waals surface area contributed by atoms with Gasteiger partial charge in [-0.3, -0.25) is 14.9 Å². The molecule has 2 aliphatic rings. The highest BCUT2D eigenvalue weighted by molar-refractivity contribution is 5.83. The topological polar surface area (TPSA) is 76.7 Å². The molecule has 6 heteroatoms. The Hall–Kier alpha value is -1.40. The van der Waals surface area contributed by atoms with Crippen molar-refractivity contribution >= 4 is 11.9 Å². The summed E-state index contributed by atoms with van der Waals surface area (Å²) in [4.78, 5) is 25.3. The highest BCUT2D eigenvalue weighted by Crippen LogP contribution is 2.36. The van der Waals surface area contributed by atoms with E-state index in [0.29, 0.717) is 6.61 Å². The number of esters is 1. The van der Waals surface area contributed by atoms with Gasteiger partial charge in [-0.2, -0.15) is 0 Å². The van der Waals surface area contributed by atoms with E-state index in [4.69, 9.17) is 9.47 Å². The maximum Gasteiger partial charge on any atom is 0.313 e. The van der Waals surface area contributed by atoms with Gasteiger partial charge in [0.2, 0.25) is 5.91 Å². The Labute approximate surface area is 150 Å². The van der Waals surface area contributed by atoms with Gasteiger partial charge in [-0.15, -0.1) is 0 Å². The molecule has 2 N–H and O–H groups in total. The molecule has 1 saturated heterocycles. The first-order valence-corrected chi connectivity index (χ1v) is 9.02. The van der Waals surface area contributed by atoms with E-state index in [0.717, 1.165) is 0 Å². The molecule has 2 rings (SSSR count). The summed E-state index contributed by atoms with van der Waals surface area (Å²) in [5.41, 5.74) is -0.645. The molecule has 0 aromatic carbocycles. The summed E-state index contributed by atoms with van der Waals surface area (Å²) in [5.74, 6) is -0.780. The van der Waals surface area contributed by atoms with Gasteiger partial charge in [0.15, 0.2) is 0 Å². The molecule has 142 valence electrons. The van der Waals surface area contributed by atoms with Crippen LogP contribution in [0.5, 0.6) is 0 Å². The van der Waals surface area contributed by atoms with Crippen LogP contribution in [-0.4, -0.2) is 48.3 Å². The zero-order valence-electron chi connectivity index (χ0n) is 16.4. The third-order valence-electron chi connectivity index (χ3n) is 4.44. The molecule has 0 radical (unpaired) electrons. The summed E-state index contributed by atoms with van der Waals surface area (Å²) in [6, 6.07) is -0.728. The van der Waals surface area contributed by atoms with Crippen LogP contribution in [0.15, 0.2) is 12.2 Å². The van der Waals surface area contributed by atoms with Crippen molar-refractivity contribution in [2.75, 3.05) is 6.61 Å². The molecule has 1 amide bonds. The van der Waals surface area contributed by atoms with Crippen molar-refractivity contribution in [1.29, 1.82) is 0 Å². The molecule has 5 atom stereocenters. The summed E-state index contributed by atoms with van der Waals surface area (Å²) < 4.78 is 11.1. The Bertz CT molecular complexity index is 545. The zero-order chi connectivity index (χ0) is 19.0. The second-order valence-electron chi connectivity index (χ2n) is 8.96. The Balaban J connectivity index is 2.21. The van der Waals surface area contributed by atoms with Gasteiger partial charge >= 0.3 is 5.97 Å². The fraction of sp³-hybridized carbons (Fsp3) is 0.789. The van der Waals surface area contributed by atoms with Crippen LogP contribution < -0.4 is 10.6 Å². The van der Waals surface area contributed by atoms with E-state index in [2.05, 4.69) is 10.6 Å². The average molecular weight is 352 g/mol. The van der Waals surface area contributed by atoms with Gasteiger partial charge in [0, 0.05) is 5.54 Å². The molecule has 1 fully saturated rings. The number of nitrogens with one attached hydrogen (secondary N) is 2. The first-order valence-electron chi connectivity index (χ1n) is 9.02. The molecule has 0 aromatic rings. The van der Waals surface area contributed by atoms with E-state index in [1.54, 1.807) is 6.92 Å². The zero-order valence-corrected chi connectivity index (χ0v) is 16.4. The normalized spacial score (nSPS) is 29.6. The van der Waals surface area contributed by atoms with E-state index < -0.39 is 12.0 Å². The lowest BCUT2D eigenvalue weighted by atomic mass is 9.82. The number of fused-ring (bicyclic) bond motifs is 2. The summed E-state index contributed by atoms with van der Waals surface area (Å²) in [5, 5.41) is 6.45. The predicted octanol–water partition coefficient (Wildman–Crippen LogP) is 1.79. The van der Waals surface area contributed by atoms with Crippen LogP contribution in [-0.2, 0) is 19.1 Å². The molecule has 0 saturated carbocycles. The third kappa shape index (κ3) is 4.61. The average Bonchev–Trinajstić information content (AvgIpc) is 3.02. The van der Waals surface area contributed by atoms with Crippen molar-refractivity contribution < 1.29 is 19.1 Å². The van der Waals surface area contributed by atoms with Crippen LogP contribution in [0, 0.1) is 11.3 Å². The minimum Gasteiger partial charge on any atom is -0.466 e. The highest BCUT2D eigenvalue weighted by atomic mass is 16.5. The summed E-state index contributed by atoms with van der Waals surface area (Å²) >= 11 is 0. The number of rotatable bonds is 5. The summed E-state index contributed by atoms with van der Waals surface area (Å²) in [6.45, 7) is 14.0. The molecule has 2 heterocycles. The molecule has 2 aliphatic heterocycles. The Morgan fingerprint density at radius 3 is 2.24 bits per heavy atom. The van der Waals surface area contributed by atoms with E-state index in [1.807, 2.05) is 53.7 Å². The molecule has 0 aromatic heterocycles. The van der Waals surface area contributed by atoms with Gasteiger partial charge in [-0.05, 0) is 33.1 Å². The number of carbonyl (C=O) groups excluding carboxylic acids is 2. The van der Waals surface area contributed by atoms with Crippen LogP contribution >= 0.6 is 0 Å². The van der Waals surface area contributed by atoms with Gasteiger partial charge in [-0.25, -0.2) is 0 Å². The first-order chi connectivity index (χ1) is 11.4. The first kappa shape index (κ1) is 19.9. The lowest BCUT2D eigenvalue weighted by Gasteiger charge is -2.37. The number of carbonyl (C=O) groups is 2. The Morgan fingerprint density at radius 1 is 1.12 bits per heavy atom. The fourth-order valence-electron chi connectivity index (χ4n) is 3.38. The van der Waals surface area contributed by atoms with Gasteiger partial charge in [0.25, 0.3) is 0 Å². The highest BCUT2D eigenvalue weighted by Gasteiger charge is 2.52. The number of ether oxygens (including phenoxy) is 2. The van der Waals surface area contributed by atoms with Gasteiger partial charge in [-0.1, -0.05) is 32.9 Å². The lowest BCUT2D eigenvalue weighted by molar-refractivity contribution is -0.150. The van der Waals surface area contributed by atoms with Crippen LogP contribution in [0.3, 0.4) is 0 Å². The molecule has 25 heavy (non-hydrogen) atoms. The Kier molecular flexibility index (Phi) is 5.64. The maximum atomic E-state index is 12.9. The van der Waals surface area contributed by atoms with Gasteiger partial charge in [0.1, 0.15) is 5.92 Å². The fourth-order valence-corrected chi connectivity index (χ4v) is 3.38. The number of amides is 1. The molecule has 6 nitrogen and oxygen atoms in total. The molecular formula is C19H32N2O4. The van der Waals surface area contributed by atoms with Crippen molar-refractivity contribution in [1.82, 2.24) is 10.6 Å². The summed E-state index contributed by atoms with van der Waals surface area (Å²) in [7, 11) is 0. The largest absolute Gasteiger partial charge is 0.466 e. The Morgan fingerprint density at radius 2 is 1.72 bits per heavy atom. The van der Waals surface area contributed by atoms with Gasteiger partial charge < -0.3 is 14.8 Å². The summed E-state index contributed by atoms with van der Waals surface area (Å²) in [6.07, 6.45) is 3.37. The van der Waals surface area contributed by atoms with E-state index in [1.165, 1.54) is 0 Å². The predicted molar refractivity (Wildman–Crippen MR) is 96.0 cm³/mol. The molecule has 0 aliphatic carbocycles. The smallest absolute Gasteiger partial charge is 0.313 e. The van der Waals surface area contributed by atoms with E-state index >= 15 is 0 Å². The monoisotopic (exact) mass is 352 g/mol. The van der Waals surface area contributed by atoms with Crippen molar-refractivity contribution in [3.63, 3.8) is 0 Å². The molecular weight excluding hydrogens is 320 g/mol. The number of hydrogen-bond acceptors (Lipinski definition) is 5. The van der Waals surface area contributed by atoms with Crippen molar-refractivity contribution in [2.45, 2.75) is 78.3 Å². The van der Waals surface area contributed by atoms with Crippen LogP contribution in [0.25, 0.3) is 0 Å². The second-order valence-corrected chi connectivity index (χ2v) is 8.96. The van der Waals surface area contributed by atoms with Crippen molar-refractivity contribution in [3.05, 3.63) is 12.2 Å². The van der Waals surface area contributed by atoms with Crippen LogP contribution in [0.2, 0.25) is 0 Å². The maximum absolute atomic E-state index is 12.9. The molecule has 2 bridgehead atoms. The van der Waals surface area contributed by atoms with Crippen molar-refractivity contribution in [2.24, 2.45) is 11.3 Å². The second kappa shape index (κ2) is 7.08. The standard InChI is InChI=1S/C19H32N2O4/c1-8-24-17(23)13-11-9-10-12(25-11)14(13)20-15(18(2,3)4)16(22)21-19(5,6)7/h9-15,20H,8H2,1-7H3,(H,21,22)/t11-,12+,13-,14+,15-/m1/s1. The molecule has 0 unspecified atom stereocenters. The van der Waals surface area contributed by atoms with Gasteiger partial charge in [0.05, 0.1) is 30.9 Å². The quantitative estimate of drug-likeness (QED) is 0.583. The minimum atomic E-state index is -0.454. The third-order valence-corrected chi connectivity index (χ3v) is 4.44. The van der Waals surface area contributed by atoms with Crippen LogP contribution in [0.4, 0.5) is 0 Å². The lowest BCUT2D eigenvalue weighted by Crippen LogP contribution is -2.61. The van der Waals surface area contributed by atoms with Crippen LogP contribution in [0.1, 0.15) is 48.5 Å². The number of hydrogen-bond donors (Lipinski definition) is 2.